The number of amides is 2. The number of alkyl halides is 1. The van der Waals surface area contributed by atoms with Gasteiger partial charge in [-0.3, -0.25) is 9.59 Å². The maximum absolute atomic E-state index is 12.8. The third-order valence-electron chi connectivity index (χ3n) is 4.04. The number of anilines is 1. The molecule has 5 heteroatoms. The summed E-state index contributed by atoms with van der Waals surface area (Å²) in [5, 5.41) is 0. The smallest absolute Gasteiger partial charge is 0.232 e. The average Bonchev–Trinajstić information content (AvgIpc) is 2.87. The van der Waals surface area contributed by atoms with Gasteiger partial charge in [0.25, 0.3) is 0 Å². The number of carbonyl (C=O) groups is 2. The van der Waals surface area contributed by atoms with Gasteiger partial charge in [-0.15, -0.1) is 11.6 Å². The first-order chi connectivity index (χ1) is 10.6. The highest BCUT2D eigenvalue weighted by atomic mass is 35.5. The Morgan fingerprint density at radius 2 is 2.00 bits per heavy atom. The molecule has 1 heterocycles. The molecule has 0 radical (unpaired) electrons. The summed E-state index contributed by atoms with van der Waals surface area (Å²) in [5.74, 6) is 0.523. The van der Waals surface area contributed by atoms with Crippen LogP contribution < -0.4 is 4.90 Å². The molecule has 1 unspecified atom stereocenters. The Balaban J connectivity index is 2.06. The van der Waals surface area contributed by atoms with E-state index in [0.29, 0.717) is 25.4 Å². The fourth-order valence-corrected chi connectivity index (χ4v) is 2.95. The van der Waals surface area contributed by atoms with Crippen molar-refractivity contribution < 1.29 is 9.59 Å². The second-order valence-corrected chi connectivity index (χ2v) is 6.13. The van der Waals surface area contributed by atoms with Gasteiger partial charge in [-0.2, -0.15) is 0 Å². The van der Waals surface area contributed by atoms with Crippen molar-refractivity contribution in [3.8, 4) is 0 Å². The lowest BCUT2D eigenvalue weighted by molar-refractivity contribution is -0.127. The van der Waals surface area contributed by atoms with Crippen molar-refractivity contribution in [1.82, 2.24) is 4.90 Å². The van der Waals surface area contributed by atoms with Crippen LogP contribution >= 0.6 is 11.6 Å². The van der Waals surface area contributed by atoms with Crippen molar-refractivity contribution >= 4 is 29.1 Å². The maximum Gasteiger partial charge on any atom is 0.232 e. The van der Waals surface area contributed by atoms with E-state index in [1.54, 1.807) is 11.9 Å². The van der Waals surface area contributed by atoms with Crippen molar-refractivity contribution in [2.75, 3.05) is 30.9 Å². The van der Waals surface area contributed by atoms with E-state index in [1.807, 2.05) is 35.2 Å². The second kappa shape index (κ2) is 8.18. The lowest BCUT2D eigenvalue weighted by Crippen LogP contribution is -2.38. The van der Waals surface area contributed by atoms with Crippen LogP contribution in [0.4, 0.5) is 5.69 Å². The summed E-state index contributed by atoms with van der Waals surface area (Å²) < 4.78 is 0. The van der Waals surface area contributed by atoms with Gasteiger partial charge in [-0.25, -0.2) is 0 Å². The maximum atomic E-state index is 12.8. The lowest BCUT2D eigenvalue weighted by atomic mass is 10.1. The third kappa shape index (κ3) is 4.23. The summed E-state index contributed by atoms with van der Waals surface area (Å²) in [6.07, 6.45) is 3.21. The highest BCUT2D eigenvalue weighted by Gasteiger charge is 2.35. The van der Waals surface area contributed by atoms with E-state index in [-0.39, 0.29) is 17.7 Å². The number of halogens is 1. The van der Waals surface area contributed by atoms with Crippen LogP contribution in [-0.2, 0) is 9.59 Å². The van der Waals surface area contributed by atoms with Crippen LogP contribution in [0.25, 0.3) is 0 Å². The molecule has 1 aromatic carbocycles. The SMILES string of the molecule is CN1CC(C(=O)N(CCCCCCl)c2ccccc2)CC1=O. The highest BCUT2D eigenvalue weighted by Crippen LogP contribution is 2.23. The molecular formula is C17H23ClN2O2. The number of likely N-dealkylation sites (tertiary alicyclic amines) is 1. The van der Waals surface area contributed by atoms with Gasteiger partial charge >= 0.3 is 0 Å². The molecule has 0 saturated carbocycles. The topological polar surface area (TPSA) is 40.6 Å². The largest absolute Gasteiger partial charge is 0.345 e. The molecule has 22 heavy (non-hydrogen) atoms. The monoisotopic (exact) mass is 322 g/mol. The van der Waals surface area contributed by atoms with E-state index in [1.165, 1.54) is 0 Å². The number of para-hydroxylation sites is 1. The average molecular weight is 323 g/mol. The molecule has 0 N–H and O–H groups in total. The zero-order valence-corrected chi connectivity index (χ0v) is 13.8. The van der Waals surface area contributed by atoms with Crippen LogP contribution in [0.1, 0.15) is 25.7 Å². The molecule has 1 aromatic rings. The Hall–Kier alpha value is -1.55. The Morgan fingerprint density at radius 1 is 1.27 bits per heavy atom. The summed E-state index contributed by atoms with van der Waals surface area (Å²) >= 11 is 5.71. The Labute approximate surface area is 137 Å². The molecule has 1 aliphatic rings. The van der Waals surface area contributed by atoms with Gasteiger partial charge in [0.2, 0.25) is 11.8 Å². The standard InChI is InChI=1S/C17H23ClN2O2/c1-19-13-14(12-16(19)21)17(22)20(11-7-3-6-10-18)15-8-4-2-5-9-15/h2,4-5,8-9,14H,3,6-7,10-13H2,1H3. The molecule has 1 saturated heterocycles. The van der Waals surface area contributed by atoms with Crippen molar-refractivity contribution in [1.29, 1.82) is 0 Å². The van der Waals surface area contributed by atoms with E-state index >= 15 is 0 Å². The minimum Gasteiger partial charge on any atom is -0.345 e. The first-order valence-corrected chi connectivity index (χ1v) is 8.33. The lowest BCUT2D eigenvalue weighted by Gasteiger charge is -2.25. The zero-order chi connectivity index (χ0) is 15.9. The van der Waals surface area contributed by atoms with E-state index in [2.05, 4.69) is 0 Å². The summed E-state index contributed by atoms with van der Waals surface area (Å²) in [5.41, 5.74) is 0.903. The van der Waals surface area contributed by atoms with Crippen LogP contribution in [0.15, 0.2) is 30.3 Å². The fraction of sp³-hybridized carbons (Fsp3) is 0.529. The zero-order valence-electron chi connectivity index (χ0n) is 13.0. The van der Waals surface area contributed by atoms with E-state index in [9.17, 15) is 9.59 Å². The summed E-state index contributed by atoms with van der Waals surface area (Å²) in [4.78, 5) is 28.0. The van der Waals surface area contributed by atoms with Crippen molar-refractivity contribution in [2.24, 2.45) is 5.92 Å². The molecule has 2 amide bonds. The summed E-state index contributed by atoms with van der Waals surface area (Å²) in [6, 6.07) is 9.69. The molecule has 120 valence electrons. The molecular weight excluding hydrogens is 300 g/mol. The van der Waals surface area contributed by atoms with Crippen LogP contribution in [0.2, 0.25) is 0 Å². The molecule has 1 fully saturated rings. The molecule has 2 rings (SSSR count). The van der Waals surface area contributed by atoms with E-state index in [0.717, 1.165) is 24.9 Å². The van der Waals surface area contributed by atoms with Gasteiger partial charge in [-0.05, 0) is 25.0 Å². The number of unbranched alkanes of at least 4 members (excludes halogenated alkanes) is 2. The van der Waals surface area contributed by atoms with Crippen molar-refractivity contribution in [3.05, 3.63) is 30.3 Å². The van der Waals surface area contributed by atoms with Gasteiger partial charge < -0.3 is 9.80 Å². The van der Waals surface area contributed by atoms with Crippen LogP contribution in [0.5, 0.6) is 0 Å². The number of nitrogens with zero attached hydrogens (tertiary/aromatic N) is 2. The van der Waals surface area contributed by atoms with Crippen molar-refractivity contribution in [3.63, 3.8) is 0 Å². The molecule has 1 aliphatic heterocycles. The predicted molar refractivity (Wildman–Crippen MR) is 89.1 cm³/mol. The molecule has 0 spiro atoms. The number of hydrogen-bond acceptors (Lipinski definition) is 2. The van der Waals surface area contributed by atoms with E-state index in [4.69, 9.17) is 11.6 Å². The van der Waals surface area contributed by atoms with Crippen LogP contribution in [0.3, 0.4) is 0 Å². The summed E-state index contributed by atoms with van der Waals surface area (Å²) in [6.45, 7) is 1.19. The van der Waals surface area contributed by atoms with Crippen LogP contribution in [0, 0.1) is 5.92 Å². The van der Waals surface area contributed by atoms with Gasteiger partial charge in [0.15, 0.2) is 0 Å². The predicted octanol–water partition coefficient (Wildman–Crippen LogP) is 2.91. The Morgan fingerprint density at radius 3 is 2.59 bits per heavy atom. The Bertz CT molecular complexity index is 507. The van der Waals surface area contributed by atoms with Crippen molar-refractivity contribution in [2.45, 2.75) is 25.7 Å². The number of benzene rings is 1. The van der Waals surface area contributed by atoms with Gasteiger partial charge in [0.05, 0.1) is 5.92 Å². The molecule has 0 aliphatic carbocycles. The highest BCUT2D eigenvalue weighted by molar-refractivity contribution is 6.17. The normalized spacial score (nSPS) is 17.8. The Kier molecular flexibility index (Phi) is 6.25. The first-order valence-electron chi connectivity index (χ1n) is 7.80. The van der Waals surface area contributed by atoms with Gasteiger partial charge in [0.1, 0.15) is 0 Å². The minimum absolute atomic E-state index is 0.0495. The molecule has 1 atom stereocenters. The fourth-order valence-electron chi connectivity index (χ4n) is 2.77. The number of rotatable bonds is 7. The van der Waals surface area contributed by atoms with Gasteiger partial charge in [-0.1, -0.05) is 24.6 Å². The quantitative estimate of drug-likeness (QED) is 0.572. The molecule has 0 bridgehead atoms. The second-order valence-electron chi connectivity index (χ2n) is 5.75. The van der Waals surface area contributed by atoms with Gasteiger partial charge in [0, 0.05) is 38.1 Å². The molecule has 4 nitrogen and oxygen atoms in total. The number of hydrogen-bond donors (Lipinski definition) is 0. The summed E-state index contributed by atoms with van der Waals surface area (Å²) in [7, 11) is 1.75. The van der Waals surface area contributed by atoms with Crippen LogP contribution in [-0.4, -0.2) is 42.7 Å². The minimum atomic E-state index is -0.231. The molecule has 0 aromatic heterocycles. The number of carbonyl (C=O) groups excluding carboxylic acids is 2. The van der Waals surface area contributed by atoms with E-state index < -0.39 is 0 Å². The third-order valence-corrected chi connectivity index (χ3v) is 4.31. The first kappa shape index (κ1) is 16.8.